The quantitative estimate of drug-likeness (QED) is 0.299. The molecule has 1 heterocycles. The van der Waals surface area contributed by atoms with Gasteiger partial charge < -0.3 is 15.4 Å². The molecule has 27 heavy (non-hydrogen) atoms. The van der Waals surface area contributed by atoms with Crippen molar-refractivity contribution in [1.29, 1.82) is 0 Å². The number of nitro groups is 1. The molecular formula is C17H23FN6O3. The third kappa shape index (κ3) is 6.57. The molecule has 0 bridgehead atoms. The van der Waals surface area contributed by atoms with E-state index in [1.807, 2.05) is 6.92 Å². The van der Waals surface area contributed by atoms with Crippen LogP contribution in [0.3, 0.4) is 0 Å². The Kier molecular flexibility index (Phi) is 7.53. The van der Waals surface area contributed by atoms with Gasteiger partial charge in [0, 0.05) is 19.7 Å². The van der Waals surface area contributed by atoms with E-state index in [0.717, 1.165) is 6.42 Å². The molecule has 0 saturated heterocycles. The van der Waals surface area contributed by atoms with Crippen LogP contribution in [0.4, 0.5) is 10.1 Å². The number of aromatic nitrogens is 2. The molecule has 9 nitrogen and oxygen atoms in total. The van der Waals surface area contributed by atoms with Crippen molar-refractivity contribution in [2.75, 3.05) is 20.1 Å². The van der Waals surface area contributed by atoms with Crippen LogP contribution in [0.5, 0.6) is 5.75 Å². The molecule has 0 saturated carbocycles. The topological polar surface area (TPSA) is 107 Å². The van der Waals surface area contributed by atoms with Crippen molar-refractivity contribution in [3.8, 4) is 5.75 Å². The first kappa shape index (κ1) is 20.1. The number of benzene rings is 1. The van der Waals surface area contributed by atoms with Crippen LogP contribution in [0.15, 0.2) is 41.7 Å². The predicted octanol–water partition coefficient (Wildman–Crippen LogP) is 1.95. The average Bonchev–Trinajstić information content (AvgIpc) is 3.12. The first-order valence-electron chi connectivity index (χ1n) is 8.55. The maximum Gasteiger partial charge on any atom is 0.306 e. The Morgan fingerprint density at radius 1 is 1.48 bits per heavy atom. The standard InChI is InChI=1S/C17H23FN6O3/c1-3-15(27-16-6-4-5-13(18)9-16)11-21-17(19-2)20-7-8-23-12-14(10-22-23)24(25)26/h4-6,9-10,12,15H,3,7-8,11H2,1-2H3,(H2,19,20,21). The number of nitrogens with one attached hydrogen (secondary N) is 2. The molecule has 0 aliphatic carbocycles. The molecule has 1 aromatic carbocycles. The maximum atomic E-state index is 13.2. The maximum absolute atomic E-state index is 13.2. The molecule has 1 unspecified atom stereocenters. The number of hydrogen-bond donors (Lipinski definition) is 2. The third-order valence-corrected chi connectivity index (χ3v) is 3.74. The molecule has 0 aliphatic heterocycles. The van der Waals surface area contributed by atoms with Gasteiger partial charge in [-0.3, -0.25) is 19.8 Å². The van der Waals surface area contributed by atoms with Crippen LogP contribution < -0.4 is 15.4 Å². The highest BCUT2D eigenvalue weighted by Crippen LogP contribution is 2.14. The van der Waals surface area contributed by atoms with E-state index in [1.54, 1.807) is 19.2 Å². The third-order valence-electron chi connectivity index (χ3n) is 3.74. The van der Waals surface area contributed by atoms with Gasteiger partial charge in [-0.1, -0.05) is 13.0 Å². The molecule has 0 aliphatic rings. The van der Waals surface area contributed by atoms with E-state index < -0.39 is 4.92 Å². The second kappa shape index (κ2) is 10.1. The summed E-state index contributed by atoms with van der Waals surface area (Å²) in [7, 11) is 1.64. The highest BCUT2D eigenvalue weighted by Gasteiger charge is 2.11. The van der Waals surface area contributed by atoms with Gasteiger partial charge >= 0.3 is 5.69 Å². The zero-order valence-electron chi connectivity index (χ0n) is 15.3. The lowest BCUT2D eigenvalue weighted by molar-refractivity contribution is -0.385. The highest BCUT2D eigenvalue weighted by molar-refractivity contribution is 5.79. The molecule has 1 atom stereocenters. The number of halogens is 1. The van der Waals surface area contributed by atoms with Crippen molar-refractivity contribution < 1.29 is 14.1 Å². The molecule has 146 valence electrons. The molecule has 10 heteroatoms. The summed E-state index contributed by atoms with van der Waals surface area (Å²) in [4.78, 5) is 14.3. The van der Waals surface area contributed by atoms with Crippen LogP contribution in [0.25, 0.3) is 0 Å². The Morgan fingerprint density at radius 2 is 2.30 bits per heavy atom. The van der Waals surface area contributed by atoms with Crippen LogP contribution in [-0.4, -0.2) is 46.9 Å². The smallest absolute Gasteiger partial charge is 0.306 e. The Bertz CT molecular complexity index is 780. The van der Waals surface area contributed by atoms with Crippen molar-refractivity contribution in [3.63, 3.8) is 0 Å². The second-order valence-corrected chi connectivity index (χ2v) is 5.70. The number of rotatable bonds is 9. The Balaban J connectivity index is 1.77. The lowest BCUT2D eigenvalue weighted by atomic mass is 10.2. The van der Waals surface area contributed by atoms with E-state index >= 15 is 0 Å². The molecule has 2 rings (SSSR count). The number of hydrogen-bond acceptors (Lipinski definition) is 5. The number of guanidine groups is 1. The molecule has 0 spiro atoms. The van der Waals surface area contributed by atoms with Crippen molar-refractivity contribution in [2.45, 2.75) is 26.0 Å². The summed E-state index contributed by atoms with van der Waals surface area (Å²) in [6.07, 6.45) is 3.16. The van der Waals surface area contributed by atoms with E-state index in [1.165, 1.54) is 29.2 Å². The molecule has 2 N–H and O–H groups in total. The zero-order chi connectivity index (χ0) is 19.6. The van der Waals surface area contributed by atoms with Crippen LogP contribution in [0.1, 0.15) is 13.3 Å². The van der Waals surface area contributed by atoms with E-state index in [9.17, 15) is 14.5 Å². The number of nitrogens with zero attached hydrogens (tertiary/aromatic N) is 4. The lowest BCUT2D eigenvalue weighted by Crippen LogP contribution is -2.43. The largest absolute Gasteiger partial charge is 0.489 e. The predicted molar refractivity (Wildman–Crippen MR) is 99.4 cm³/mol. The van der Waals surface area contributed by atoms with E-state index in [4.69, 9.17) is 4.74 Å². The van der Waals surface area contributed by atoms with Gasteiger partial charge in [0.15, 0.2) is 5.96 Å². The minimum Gasteiger partial charge on any atom is -0.489 e. The molecule has 0 amide bonds. The molecule has 0 fully saturated rings. The molecule has 0 radical (unpaired) electrons. The molecular weight excluding hydrogens is 355 g/mol. The summed E-state index contributed by atoms with van der Waals surface area (Å²) in [6, 6.07) is 6.03. The Labute approximate surface area is 156 Å². The number of aliphatic imine (C=N–C) groups is 1. The van der Waals surface area contributed by atoms with Gasteiger partial charge in [0.2, 0.25) is 0 Å². The van der Waals surface area contributed by atoms with Crippen molar-refractivity contribution >= 4 is 11.6 Å². The molecule has 2 aromatic rings. The van der Waals surface area contributed by atoms with Crippen molar-refractivity contribution in [2.24, 2.45) is 4.99 Å². The number of ether oxygens (including phenoxy) is 1. The van der Waals surface area contributed by atoms with E-state index in [2.05, 4.69) is 20.7 Å². The highest BCUT2D eigenvalue weighted by atomic mass is 19.1. The monoisotopic (exact) mass is 378 g/mol. The van der Waals surface area contributed by atoms with Crippen molar-refractivity contribution in [3.05, 3.63) is 52.6 Å². The normalized spacial score (nSPS) is 12.5. The van der Waals surface area contributed by atoms with Gasteiger partial charge in [-0.25, -0.2) is 4.39 Å². The van der Waals surface area contributed by atoms with Crippen LogP contribution >= 0.6 is 0 Å². The summed E-state index contributed by atoms with van der Waals surface area (Å²) in [5.41, 5.74) is -0.0437. The van der Waals surface area contributed by atoms with Crippen molar-refractivity contribution in [1.82, 2.24) is 20.4 Å². The summed E-state index contributed by atoms with van der Waals surface area (Å²) < 4.78 is 20.5. The van der Waals surface area contributed by atoms with Gasteiger partial charge in [0.05, 0.1) is 18.0 Å². The fourth-order valence-electron chi connectivity index (χ4n) is 2.29. The fraction of sp³-hybridized carbons (Fsp3) is 0.412. The minimum atomic E-state index is -0.485. The van der Waals surface area contributed by atoms with Crippen LogP contribution in [0, 0.1) is 15.9 Å². The second-order valence-electron chi connectivity index (χ2n) is 5.70. The average molecular weight is 378 g/mol. The summed E-state index contributed by atoms with van der Waals surface area (Å²) in [5.74, 6) is 0.705. The van der Waals surface area contributed by atoms with E-state index in [-0.39, 0.29) is 17.6 Å². The van der Waals surface area contributed by atoms with Gasteiger partial charge in [0.1, 0.15) is 30.1 Å². The summed E-state index contributed by atoms with van der Waals surface area (Å²) >= 11 is 0. The Morgan fingerprint density at radius 3 is 2.93 bits per heavy atom. The van der Waals surface area contributed by atoms with Gasteiger partial charge in [-0.2, -0.15) is 5.10 Å². The van der Waals surface area contributed by atoms with Gasteiger partial charge in [-0.15, -0.1) is 0 Å². The molecule has 1 aromatic heterocycles. The first-order chi connectivity index (χ1) is 13.0. The lowest BCUT2D eigenvalue weighted by Gasteiger charge is -2.20. The minimum absolute atomic E-state index is 0.0437. The van der Waals surface area contributed by atoms with Gasteiger partial charge in [0.25, 0.3) is 0 Å². The fourth-order valence-corrected chi connectivity index (χ4v) is 2.29. The SMILES string of the molecule is CCC(CNC(=NC)NCCn1cc([N+](=O)[O-])cn1)Oc1cccc(F)c1. The van der Waals surface area contributed by atoms with Crippen LogP contribution in [-0.2, 0) is 6.54 Å². The van der Waals surface area contributed by atoms with Crippen LogP contribution in [0.2, 0.25) is 0 Å². The first-order valence-corrected chi connectivity index (χ1v) is 8.55. The Hall–Kier alpha value is -3.17. The summed E-state index contributed by atoms with van der Waals surface area (Å²) in [5, 5.41) is 20.8. The summed E-state index contributed by atoms with van der Waals surface area (Å²) in [6.45, 7) is 3.40. The van der Waals surface area contributed by atoms with Gasteiger partial charge in [-0.05, 0) is 18.6 Å². The van der Waals surface area contributed by atoms with E-state index in [0.29, 0.717) is 31.3 Å². The zero-order valence-corrected chi connectivity index (χ0v) is 15.3.